The molecule has 1 aromatic heterocycles. The lowest BCUT2D eigenvalue weighted by molar-refractivity contribution is 0.102. The van der Waals surface area contributed by atoms with Gasteiger partial charge in [-0.2, -0.15) is 0 Å². The number of nitrogens with zero attached hydrogens (tertiary/aromatic N) is 3. The normalized spacial score (nSPS) is 14.0. The molecule has 0 aliphatic carbocycles. The van der Waals surface area contributed by atoms with Crippen LogP contribution in [0.15, 0.2) is 65.6 Å². The number of amides is 1. The van der Waals surface area contributed by atoms with Gasteiger partial charge in [-0.3, -0.25) is 9.59 Å². The minimum absolute atomic E-state index is 0.0972. The topological polar surface area (TPSA) is 80.9 Å². The van der Waals surface area contributed by atoms with Crippen molar-refractivity contribution in [2.45, 2.75) is 6.42 Å². The molecule has 8 heteroatoms. The van der Waals surface area contributed by atoms with E-state index in [4.69, 9.17) is 4.74 Å². The molecule has 1 aliphatic heterocycles. The first kappa shape index (κ1) is 24.3. The van der Waals surface area contributed by atoms with E-state index in [1.807, 2.05) is 42.3 Å². The maximum absolute atomic E-state index is 13.3. The van der Waals surface area contributed by atoms with Gasteiger partial charge in [-0.25, -0.2) is 0 Å². The number of anilines is 3. The van der Waals surface area contributed by atoms with Gasteiger partial charge >= 0.3 is 0 Å². The average molecular weight is 476 g/mol. The highest BCUT2D eigenvalue weighted by molar-refractivity contribution is 6.08. The first-order valence-electron chi connectivity index (χ1n) is 11.9. The Hall–Kier alpha value is -3.78. The molecule has 1 aliphatic rings. The van der Waals surface area contributed by atoms with E-state index in [-0.39, 0.29) is 5.56 Å². The molecule has 35 heavy (non-hydrogen) atoms. The van der Waals surface area contributed by atoms with Crippen LogP contribution in [0.1, 0.15) is 15.9 Å². The summed E-state index contributed by atoms with van der Waals surface area (Å²) in [4.78, 5) is 35.2. The van der Waals surface area contributed by atoms with E-state index in [1.165, 1.54) is 5.56 Å². The number of likely N-dealkylation sites (N-methyl/N-ethyl adjacent to an activating group) is 2. The Kier molecular flexibility index (Phi) is 7.72. The second kappa shape index (κ2) is 11.1. The summed E-state index contributed by atoms with van der Waals surface area (Å²) in [5, 5.41) is 2.93. The number of aromatic amines is 1. The largest absolute Gasteiger partial charge is 0.495 e. The van der Waals surface area contributed by atoms with Crippen LogP contribution in [-0.4, -0.2) is 69.7 Å². The molecule has 2 heterocycles. The van der Waals surface area contributed by atoms with Gasteiger partial charge in [0.1, 0.15) is 11.3 Å². The number of rotatable bonds is 8. The van der Waals surface area contributed by atoms with Crippen molar-refractivity contribution in [3.05, 3.63) is 82.3 Å². The van der Waals surface area contributed by atoms with Gasteiger partial charge in [-0.05, 0) is 43.3 Å². The Morgan fingerprint density at radius 3 is 2.54 bits per heavy atom. The lowest BCUT2D eigenvalue weighted by atomic mass is 10.1. The van der Waals surface area contributed by atoms with Crippen LogP contribution in [0.5, 0.6) is 5.75 Å². The molecule has 1 saturated heterocycles. The van der Waals surface area contributed by atoms with Gasteiger partial charge in [0, 0.05) is 51.7 Å². The first-order valence-corrected chi connectivity index (χ1v) is 11.9. The van der Waals surface area contributed by atoms with Crippen LogP contribution < -0.4 is 25.4 Å². The summed E-state index contributed by atoms with van der Waals surface area (Å²) in [6.45, 7) is 4.33. The molecule has 1 fully saturated rings. The Balaban J connectivity index is 1.54. The highest BCUT2D eigenvalue weighted by Gasteiger charge is 2.21. The van der Waals surface area contributed by atoms with Crippen molar-refractivity contribution in [1.82, 2.24) is 9.88 Å². The van der Waals surface area contributed by atoms with E-state index < -0.39 is 11.5 Å². The van der Waals surface area contributed by atoms with Crippen molar-refractivity contribution in [1.29, 1.82) is 0 Å². The second-order valence-electron chi connectivity index (χ2n) is 8.86. The van der Waals surface area contributed by atoms with Gasteiger partial charge in [0.25, 0.3) is 11.5 Å². The number of pyridine rings is 1. The van der Waals surface area contributed by atoms with Crippen LogP contribution >= 0.6 is 0 Å². The number of aromatic nitrogens is 1. The highest BCUT2D eigenvalue weighted by atomic mass is 16.5. The van der Waals surface area contributed by atoms with E-state index in [9.17, 15) is 9.59 Å². The van der Waals surface area contributed by atoms with E-state index in [0.29, 0.717) is 17.9 Å². The van der Waals surface area contributed by atoms with Crippen LogP contribution in [0.2, 0.25) is 0 Å². The van der Waals surface area contributed by atoms with Crippen molar-refractivity contribution >= 4 is 23.0 Å². The molecule has 184 valence electrons. The van der Waals surface area contributed by atoms with Gasteiger partial charge in [-0.1, -0.05) is 30.3 Å². The van der Waals surface area contributed by atoms with Crippen LogP contribution in [0.3, 0.4) is 0 Å². The van der Waals surface area contributed by atoms with Crippen molar-refractivity contribution in [2.75, 3.05) is 69.0 Å². The molecule has 0 bridgehead atoms. The standard InChI is InChI=1S/C27H33N5O3/c1-30-15-17-32(18-16-30)23-19-21(9-10-24(23)35-3)29-27(34)25-22(11-13-28-26(25)33)31(2)14-12-20-7-5-4-6-8-20/h4-11,13,19H,12,14-18H2,1-3H3,(H,28,33)(H,29,34). The summed E-state index contributed by atoms with van der Waals surface area (Å²) in [6, 6.07) is 17.5. The molecular weight excluding hydrogens is 442 g/mol. The molecule has 0 spiro atoms. The number of ether oxygens (including phenoxy) is 1. The number of benzene rings is 2. The summed E-state index contributed by atoms with van der Waals surface area (Å²) in [7, 11) is 5.65. The lowest BCUT2D eigenvalue weighted by Gasteiger charge is -2.35. The number of carbonyl (C=O) groups excluding carboxylic acids is 1. The smallest absolute Gasteiger partial charge is 0.263 e. The van der Waals surface area contributed by atoms with E-state index in [2.05, 4.69) is 39.3 Å². The summed E-state index contributed by atoms with van der Waals surface area (Å²) in [6.07, 6.45) is 2.38. The first-order chi connectivity index (χ1) is 17.0. The number of hydrogen-bond donors (Lipinski definition) is 2. The summed E-state index contributed by atoms with van der Waals surface area (Å²) in [5.41, 5.74) is 3.02. The predicted molar refractivity (Wildman–Crippen MR) is 141 cm³/mol. The molecular formula is C27H33N5O3. The fourth-order valence-electron chi connectivity index (χ4n) is 4.32. The fraction of sp³-hybridized carbons (Fsp3) is 0.333. The van der Waals surface area contributed by atoms with Gasteiger partial charge in [0.05, 0.1) is 18.5 Å². The maximum Gasteiger partial charge on any atom is 0.263 e. The Morgan fingerprint density at radius 2 is 1.83 bits per heavy atom. The lowest BCUT2D eigenvalue weighted by Crippen LogP contribution is -2.44. The molecule has 2 aromatic carbocycles. The molecule has 4 rings (SSSR count). The van der Waals surface area contributed by atoms with Crippen molar-refractivity contribution in [3.8, 4) is 5.75 Å². The zero-order valence-corrected chi connectivity index (χ0v) is 20.6. The van der Waals surface area contributed by atoms with Crippen molar-refractivity contribution in [3.63, 3.8) is 0 Å². The van der Waals surface area contributed by atoms with Crippen LogP contribution in [0.25, 0.3) is 0 Å². The Labute approximate surface area is 206 Å². The SMILES string of the molecule is COc1ccc(NC(=O)c2c(N(C)CCc3ccccc3)cc[nH]c2=O)cc1N1CCN(C)CC1. The molecule has 0 saturated carbocycles. The molecule has 1 amide bonds. The number of hydrogen-bond acceptors (Lipinski definition) is 6. The second-order valence-corrected chi connectivity index (χ2v) is 8.86. The highest BCUT2D eigenvalue weighted by Crippen LogP contribution is 2.32. The minimum atomic E-state index is -0.442. The number of methoxy groups -OCH3 is 1. The maximum atomic E-state index is 13.3. The van der Waals surface area contributed by atoms with Crippen LogP contribution in [0, 0.1) is 0 Å². The number of nitrogens with one attached hydrogen (secondary N) is 2. The molecule has 0 unspecified atom stereocenters. The summed E-state index contributed by atoms with van der Waals surface area (Å²) in [5.74, 6) is 0.314. The monoisotopic (exact) mass is 475 g/mol. The number of carbonyl (C=O) groups is 1. The van der Waals surface area contributed by atoms with Crippen LogP contribution in [-0.2, 0) is 6.42 Å². The van der Waals surface area contributed by atoms with Crippen molar-refractivity contribution < 1.29 is 9.53 Å². The van der Waals surface area contributed by atoms with Gasteiger partial charge in [0.15, 0.2) is 0 Å². The molecule has 2 N–H and O–H groups in total. The van der Waals surface area contributed by atoms with E-state index in [0.717, 1.165) is 44.0 Å². The average Bonchev–Trinajstić information content (AvgIpc) is 2.88. The van der Waals surface area contributed by atoms with Crippen LogP contribution in [0.4, 0.5) is 17.1 Å². The van der Waals surface area contributed by atoms with E-state index in [1.54, 1.807) is 25.4 Å². The third-order valence-corrected chi connectivity index (χ3v) is 6.44. The zero-order chi connectivity index (χ0) is 24.8. The molecule has 3 aromatic rings. The molecule has 0 atom stereocenters. The third kappa shape index (κ3) is 5.84. The quantitative estimate of drug-likeness (QED) is 0.521. The van der Waals surface area contributed by atoms with Gasteiger partial charge < -0.3 is 29.7 Å². The minimum Gasteiger partial charge on any atom is -0.495 e. The van der Waals surface area contributed by atoms with Gasteiger partial charge in [0.2, 0.25) is 0 Å². The Morgan fingerprint density at radius 1 is 1.09 bits per heavy atom. The van der Waals surface area contributed by atoms with E-state index >= 15 is 0 Å². The number of piperazine rings is 1. The Bertz CT molecular complexity index is 1200. The summed E-state index contributed by atoms with van der Waals surface area (Å²) >= 11 is 0. The number of H-pyrrole nitrogens is 1. The molecule has 0 radical (unpaired) electrons. The zero-order valence-electron chi connectivity index (χ0n) is 20.6. The fourth-order valence-corrected chi connectivity index (χ4v) is 4.32. The predicted octanol–water partition coefficient (Wildman–Crippen LogP) is 3.07. The van der Waals surface area contributed by atoms with Gasteiger partial charge in [-0.15, -0.1) is 0 Å². The molecule has 8 nitrogen and oxygen atoms in total. The van der Waals surface area contributed by atoms with Crippen molar-refractivity contribution in [2.24, 2.45) is 0 Å². The summed E-state index contributed by atoms with van der Waals surface area (Å²) < 4.78 is 5.57. The third-order valence-electron chi connectivity index (χ3n) is 6.44.